The third-order valence-electron chi connectivity index (χ3n) is 8.21. The summed E-state index contributed by atoms with van der Waals surface area (Å²) >= 11 is 0. The van der Waals surface area contributed by atoms with Gasteiger partial charge in [0.05, 0.1) is 5.56 Å². The van der Waals surface area contributed by atoms with Crippen molar-refractivity contribution in [3.63, 3.8) is 0 Å². The van der Waals surface area contributed by atoms with Crippen molar-refractivity contribution in [1.82, 2.24) is 0 Å². The lowest BCUT2D eigenvalue weighted by atomic mass is 9.59. The Bertz CT molecular complexity index is 1580. The SMILES string of the molecule is CC(=O)Cc1cccc(-c2cc(N(C)C)c3c(c2O)C(O)=C2C(=O)[C@]4(O)C(O)=C(C(N)=O)C(=O)C[C@@H]4C[C@@H]2C3)c1. The van der Waals surface area contributed by atoms with Crippen molar-refractivity contribution in [2.75, 3.05) is 19.0 Å². The van der Waals surface area contributed by atoms with E-state index in [0.717, 1.165) is 5.56 Å². The molecule has 0 aliphatic heterocycles. The minimum atomic E-state index is -2.62. The standard InChI is InChI=1S/C30H30N2O8/c1-13(33)7-14-5-4-6-15(8-14)18-12-20(32(2)3)19-10-16-9-17-11-21(34)24(29(31)39)28(38)30(17,40)27(37)22(16)26(36)23(19)25(18)35/h4-6,8,12,16-17,35-36,38,40H,7,9-11H2,1-3H3,(H2,31,39)/t16-,17+,30+/m1/s1. The number of amides is 1. The molecule has 0 saturated heterocycles. The second-order valence-electron chi connectivity index (χ2n) is 11.0. The lowest BCUT2D eigenvalue weighted by Crippen LogP contribution is -2.58. The van der Waals surface area contributed by atoms with Gasteiger partial charge in [0.25, 0.3) is 5.91 Å². The molecule has 1 saturated carbocycles. The minimum Gasteiger partial charge on any atom is -0.508 e. The zero-order chi connectivity index (χ0) is 29.3. The summed E-state index contributed by atoms with van der Waals surface area (Å²) in [4.78, 5) is 51.7. The number of phenolic OH excluding ortho intramolecular Hbond substituents is 1. The maximum Gasteiger partial charge on any atom is 0.255 e. The summed E-state index contributed by atoms with van der Waals surface area (Å²) in [7, 11) is 3.61. The molecule has 10 heteroatoms. The van der Waals surface area contributed by atoms with Gasteiger partial charge >= 0.3 is 0 Å². The number of nitrogens with two attached hydrogens (primary N) is 1. The molecule has 1 amide bonds. The molecule has 2 aromatic rings. The summed E-state index contributed by atoms with van der Waals surface area (Å²) in [5, 5.41) is 45.3. The summed E-state index contributed by atoms with van der Waals surface area (Å²) in [5.74, 6) is -6.68. The zero-order valence-electron chi connectivity index (χ0n) is 22.3. The van der Waals surface area contributed by atoms with E-state index in [4.69, 9.17) is 5.73 Å². The topological polar surface area (TPSA) is 178 Å². The van der Waals surface area contributed by atoms with Crippen LogP contribution in [-0.2, 0) is 32.0 Å². The summed E-state index contributed by atoms with van der Waals surface area (Å²) in [5.41, 5.74) is 4.58. The number of aliphatic hydroxyl groups excluding tert-OH is 2. The number of hydrogen-bond donors (Lipinski definition) is 5. The van der Waals surface area contributed by atoms with Crippen molar-refractivity contribution in [2.24, 2.45) is 17.6 Å². The summed E-state index contributed by atoms with van der Waals surface area (Å²) in [6.07, 6.45) is 0.104. The van der Waals surface area contributed by atoms with Gasteiger partial charge in [0.15, 0.2) is 11.4 Å². The number of carbonyl (C=O) groups excluding carboxylic acids is 4. The van der Waals surface area contributed by atoms with Gasteiger partial charge in [0, 0.05) is 49.7 Å². The van der Waals surface area contributed by atoms with Gasteiger partial charge in [-0.15, -0.1) is 0 Å². The van der Waals surface area contributed by atoms with E-state index in [1.807, 2.05) is 4.90 Å². The van der Waals surface area contributed by atoms with Gasteiger partial charge in [-0.25, -0.2) is 0 Å². The minimum absolute atomic E-state index is 0.0188. The van der Waals surface area contributed by atoms with Crippen LogP contribution in [0.4, 0.5) is 5.69 Å². The van der Waals surface area contributed by atoms with Crippen LogP contribution in [0.25, 0.3) is 16.9 Å². The first-order chi connectivity index (χ1) is 18.8. The molecule has 3 aliphatic rings. The average molecular weight is 547 g/mol. The Balaban J connectivity index is 1.72. The van der Waals surface area contributed by atoms with E-state index in [1.165, 1.54) is 6.92 Å². The summed E-state index contributed by atoms with van der Waals surface area (Å²) in [6.45, 7) is 1.48. The maximum absolute atomic E-state index is 13.8. The van der Waals surface area contributed by atoms with Crippen LogP contribution in [0.5, 0.6) is 5.75 Å². The van der Waals surface area contributed by atoms with Gasteiger partial charge in [0.1, 0.15) is 28.6 Å². The summed E-state index contributed by atoms with van der Waals surface area (Å²) < 4.78 is 0. The first-order valence-corrected chi connectivity index (χ1v) is 12.9. The molecule has 0 aromatic heterocycles. The number of anilines is 1. The molecule has 208 valence electrons. The highest BCUT2D eigenvalue weighted by atomic mass is 16.3. The van der Waals surface area contributed by atoms with Gasteiger partial charge < -0.3 is 31.1 Å². The smallest absolute Gasteiger partial charge is 0.255 e. The first-order valence-electron chi connectivity index (χ1n) is 12.9. The second kappa shape index (κ2) is 9.34. The number of hydrogen-bond acceptors (Lipinski definition) is 9. The highest BCUT2D eigenvalue weighted by molar-refractivity contribution is 6.22. The molecule has 40 heavy (non-hydrogen) atoms. The van der Waals surface area contributed by atoms with Crippen LogP contribution in [0.1, 0.15) is 36.5 Å². The van der Waals surface area contributed by atoms with Crippen LogP contribution in [0.3, 0.4) is 0 Å². The van der Waals surface area contributed by atoms with Crippen molar-refractivity contribution >= 4 is 34.7 Å². The van der Waals surface area contributed by atoms with E-state index in [9.17, 15) is 39.6 Å². The second-order valence-corrected chi connectivity index (χ2v) is 11.0. The van der Waals surface area contributed by atoms with Crippen LogP contribution in [-0.4, -0.2) is 63.4 Å². The number of primary amides is 1. The molecular weight excluding hydrogens is 516 g/mol. The molecule has 6 N–H and O–H groups in total. The predicted molar refractivity (Wildman–Crippen MR) is 146 cm³/mol. The molecule has 1 fully saturated rings. The number of nitrogens with zero attached hydrogens (tertiary/aromatic N) is 1. The fourth-order valence-corrected chi connectivity index (χ4v) is 6.42. The third-order valence-corrected chi connectivity index (χ3v) is 8.21. The fourth-order valence-electron chi connectivity index (χ4n) is 6.42. The van der Waals surface area contributed by atoms with E-state index in [-0.39, 0.29) is 48.4 Å². The van der Waals surface area contributed by atoms with Gasteiger partial charge in [0.2, 0.25) is 5.78 Å². The Hall–Kier alpha value is -4.44. The Labute approximate surface area is 230 Å². The van der Waals surface area contributed by atoms with E-state index >= 15 is 0 Å². The number of Topliss-reactive ketones (excluding diaryl/α,β-unsaturated/α-hetero) is 3. The Kier molecular flexibility index (Phi) is 6.34. The van der Waals surface area contributed by atoms with Crippen molar-refractivity contribution in [3.05, 3.63) is 63.9 Å². The van der Waals surface area contributed by atoms with Gasteiger partial charge in [-0.1, -0.05) is 24.3 Å². The van der Waals surface area contributed by atoms with Crippen molar-refractivity contribution < 1.29 is 39.6 Å². The number of aromatic hydroxyl groups is 1. The average Bonchev–Trinajstić information content (AvgIpc) is 2.85. The zero-order valence-corrected chi connectivity index (χ0v) is 22.3. The number of ketones is 3. The normalized spacial score (nSPS) is 23.9. The lowest BCUT2D eigenvalue weighted by Gasteiger charge is -2.46. The highest BCUT2D eigenvalue weighted by Gasteiger charge is 2.60. The molecule has 2 aromatic carbocycles. The number of phenols is 1. The van der Waals surface area contributed by atoms with Crippen LogP contribution in [0.2, 0.25) is 0 Å². The maximum atomic E-state index is 13.8. The Morgan fingerprint density at radius 2 is 1.80 bits per heavy atom. The molecule has 0 heterocycles. The number of carbonyl (C=O) groups is 4. The van der Waals surface area contributed by atoms with Crippen molar-refractivity contribution in [2.45, 2.75) is 38.2 Å². The number of benzene rings is 2. The molecule has 5 rings (SSSR count). The van der Waals surface area contributed by atoms with E-state index in [2.05, 4.69) is 0 Å². The molecule has 0 unspecified atom stereocenters. The molecule has 3 aliphatic carbocycles. The van der Waals surface area contributed by atoms with Gasteiger partial charge in [-0.3, -0.25) is 19.2 Å². The van der Waals surface area contributed by atoms with E-state index < -0.39 is 52.0 Å². The lowest BCUT2D eigenvalue weighted by molar-refractivity contribution is -0.147. The van der Waals surface area contributed by atoms with Crippen LogP contribution < -0.4 is 10.6 Å². The van der Waals surface area contributed by atoms with E-state index in [0.29, 0.717) is 22.4 Å². The Morgan fingerprint density at radius 3 is 2.42 bits per heavy atom. The van der Waals surface area contributed by atoms with E-state index in [1.54, 1.807) is 44.4 Å². The van der Waals surface area contributed by atoms with Crippen LogP contribution >= 0.6 is 0 Å². The molecule has 0 radical (unpaired) electrons. The fraction of sp³-hybridized carbons (Fsp3) is 0.333. The monoisotopic (exact) mass is 546 g/mol. The highest BCUT2D eigenvalue weighted by Crippen LogP contribution is 2.54. The van der Waals surface area contributed by atoms with Crippen LogP contribution in [0, 0.1) is 11.8 Å². The summed E-state index contributed by atoms with van der Waals surface area (Å²) in [6, 6.07) is 8.85. The Morgan fingerprint density at radius 1 is 1.10 bits per heavy atom. The van der Waals surface area contributed by atoms with Crippen molar-refractivity contribution in [3.8, 4) is 16.9 Å². The number of fused-ring (bicyclic) bond motifs is 3. The number of aliphatic hydroxyl groups is 3. The molecule has 0 bridgehead atoms. The number of rotatable bonds is 5. The molecule has 0 spiro atoms. The van der Waals surface area contributed by atoms with Gasteiger partial charge in [-0.2, -0.15) is 0 Å². The predicted octanol–water partition coefficient (Wildman–Crippen LogP) is 2.29. The van der Waals surface area contributed by atoms with Crippen molar-refractivity contribution in [1.29, 1.82) is 0 Å². The largest absolute Gasteiger partial charge is 0.508 e. The van der Waals surface area contributed by atoms with Gasteiger partial charge in [-0.05, 0) is 48.4 Å². The third kappa shape index (κ3) is 3.90. The quantitative estimate of drug-likeness (QED) is 0.352. The molecular formula is C30H30N2O8. The first kappa shape index (κ1) is 27.1. The molecule has 10 nitrogen and oxygen atoms in total. The molecule has 3 atom stereocenters. The van der Waals surface area contributed by atoms with Crippen LogP contribution in [0.15, 0.2) is 47.2 Å².